The van der Waals surface area contributed by atoms with Gasteiger partial charge in [-0.15, -0.1) is 0 Å². The van der Waals surface area contributed by atoms with Gasteiger partial charge >= 0.3 is 12.2 Å². The maximum absolute atomic E-state index is 12.6. The number of rotatable bonds is 9. The van der Waals surface area contributed by atoms with Crippen LogP contribution in [0.2, 0.25) is 0 Å². The molecular weight excluding hydrogens is 555 g/mol. The Hall–Kier alpha value is -4.95. The Bertz CT molecular complexity index is 1610. The summed E-state index contributed by atoms with van der Waals surface area (Å²) in [5, 5.41) is 15.8. The van der Waals surface area contributed by atoms with Gasteiger partial charge in [0.05, 0.1) is 24.3 Å². The number of hydrogen-bond acceptors (Lipinski definition) is 6. The molecule has 0 radical (unpaired) electrons. The summed E-state index contributed by atoms with van der Waals surface area (Å²) in [4.78, 5) is 42.4. The fourth-order valence-corrected chi connectivity index (χ4v) is 4.56. The second-order valence-corrected chi connectivity index (χ2v) is 9.82. The minimum absolute atomic E-state index is 0.113. The molecule has 1 aliphatic heterocycles. The molecule has 42 heavy (non-hydrogen) atoms. The summed E-state index contributed by atoms with van der Waals surface area (Å²) in [7, 11) is 0. The van der Waals surface area contributed by atoms with Crippen LogP contribution in [0.25, 0.3) is 28.0 Å². The second kappa shape index (κ2) is 11.9. The highest BCUT2D eigenvalue weighted by molar-refractivity contribution is 5.90. The van der Waals surface area contributed by atoms with Crippen molar-refractivity contribution < 1.29 is 27.6 Å². The largest absolute Gasteiger partial charge is 0.405 e. The maximum Gasteiger partial charge on any atom is 0.405 e. The number of urea groups is 1. The molecule has 1 saturated heterocycles. The molecule has 1 aromatic carbocycles. The smallest absolute Gasteiger partial charge is 0.352 e. The molecular formula is C27H28F3N9O3. The van der Waals surface area contributed by atoms with E-state index < -0.39 is 24.8 Å². The number of nitrogens with zero attached hydrogens (tertiary/aromatic N) is 6. The number of benzene rings is 1. The van der Waals surface area contributed by atoms with E-state index in [1.807, 2.05) is 6.07 Å². The average Bonchev–Trinajstić information content (AvgIpc) is 3.71. The number of nitrogens with one attached hydrogen (secondary N) is 3. The van der Waals surface area contributed by atoms with Crippen molar-refractivity contribution in [3.8, 4) is 22.4 Å². The van der Waals surface area contributed by atoms with Crippen molar-refractivity contribution in [1.82, 2.24) is 39.9 Å². The summed E-state index contributed by atoms with van der Waals surface area (Å²) < 4.78 is 40.2. The molecule has 1 atom stereocenters. The quantitative estimate of drug-likeness (QED) is 0.277. The highest BCUT2D eigenvalue weighted by Crippen LogP contribution is 2.26. The first kappa shape index (κ1) is 28.6. The summed E-state index contributed by atoms with van der Waals surface area (Å²) in [6.45, 7) is 1.87. The van der Waals surface area contributed by atoms with Crippen molar-refractivity contribution in [2.24, 2.45) is 0 Å². The van der Waals surface area contributed by atoms with E-state index >= 15 is 0 Å². The molecule has 5 rings (SSSR count). The van der Waals surface area contributed by atoms with Crippen molar-refractivity contribution in [2.45, 2.75) is 32.0 Å². The summed E-state index contributed by atoms with van der Waals surface area (Å²) in [6, 6.07) is 6.83. The molecule has 0 spiro atoms. The average molecular weight is 584 g/mol. The van der Waals surface area contributed by atoms with Gasteiger partial charge in [-0.3, -0.25) is 14.3 Å². The molecule has 3 aromatic heterocycles. The summed E-state index contributed by atoms with van der Waals surface area (Å²) in [5.41, 5.74) is 3.52. The maximum atomic E-state index is 12.6. The number of carbonyl (C=O) groups is 3. The number of amides is 4. The second-order valence-electron chi connectivity index (χ2n) is 9.82. The zero-order valence-corrected chi connectivity index (χ0v) is 22.6. The van der Waals surface area contributed by atoms with Crippen LogP contribution in [0, 0.1) is 0 Å². The van der Waals surface area contributed by atoms with Crippen molar-refractivity contribution in [1.29, 1.82) is 0 Å². The first-order valence-corrected chi connectivity index (χ1v) is 13.2. The van der Waals surface area contributed by atoms with E-state index in [4.69, 9.17) is 0 Å². The molecule has 1 fully saturated rings. The normalized spacial score (nSPS) is 14.3. The topological polar surface area (TPSA) is 139 Å². The lowest BCUT2D eigenvalue weighted by molar-refractivity contribution is -0.128. The number of halogens is 3. The fourth-order valence-electron chi connectivity index (χ4n) is 4.56. The predicted octanol–water partition coefficient (Wildman–Crippen LogP) is 3.24. The molecule has 0 saturated carbocycles. The van der Waals surface area contributed by atoms with E-state index in [-0.39, 0.29) is 11.8 Å². The standard InChI is InChI=1S/C27H28F3N9O3/c1-17(25(41)31-7-9-37-8-3-6-24(37)40)38-15-20(13-34-38)19-11-23-32-14-22(39(23)35-12-19)18-4-2-5-21(10-18)36-26(42)33-16-27(28,29)30/h2,4-5,10-15,17H,3,6-9,16H2,1H3,(H,31,41)(H2,33,36,42). The van der Waals surface area contributed by atoms with E-state index in [0.29, 0.717) is 42.1 Å². The molecule has 4 heterocycles. The van der Waals surface area contributed by atoms with Crippen molar-refractivity contribution in [3.05, 3.63) is 55.1 Å². The first-order valence-electron chi connectivity index (χ1n) is 13.2. The highest BCUT2D eigenvalue weighted by atomic mass is 19.4. The van der Waals surface area contributed by atoms with E-state index in [1.54, 1.807) is 75.4 Å². The van der Waals surface area contributed by atoms with E-state index in [0.717, 1.165) is 24.1 Å². The number of imidazole rings is 1. The fraction of sp³-hybridized carbons (Fsp3) is 0.333. The third-order valence-corrected chi connectivity index (χ3v) is 6.79. The lowest BCUT2D eigenvalue weighted by Crippen LogP contribution is -2.38. The Kier molecular flexibility index (Phi) is 8.08. The summed E-state index contributed by atoms with van der Waals surface area (Å²) >= 11 is 0. The van der Waals surface area contributed by atoms with Crippen LogP contribution in [0.4, 0.5) is 23.7 Å². The van der Waals surface area contributed by atoms with E-state index in [1.165, 1.54) is 0 Å². The monoisotopic (exact) mass is 583 g/mol. The summed E-state index contributed by atoms with van der Waals surface area (Å²) in [5.74, 6) is -0.0978. The van der Waals surface area contributed by atoms with Crippen LogP contribution in [-0.2, 0) is 9.59 Å². The van der Waals surface area contributed by atoms with Crippen LogP contribution in [0.1, 0.15) is 25.8 Å². The Balaban J connectivity index is 1.24. The van der Waals surface area contributed by atoms with Crippen LogP contribution in [0.15, 0.2) is 55.1 Å². The highest BCUT2D eigenvalue weighted by Gasteiger charge is 2.27. The van der Waals surface area contributed by atoms with Gasteiger partial charge in [-0.1, -0.05) is 12.1 Å². The molecule has 1 aliphatic rings. The van der Waals surface area contributed by atoms with Crippen molar-refractivity contribution >= 4 is 29.2 Å². The van der Waals surface area contributed by atoms with Gasteiger partial charge in [0.25, 0.3) is 0 Å². The molecule has 1 unspecified atom stereocenters. The van der Waals surface area contributed by atoms with Gasteiger partial charge < -0.3 is 20.9 Å². The van der Waals surface area contributed by atoms with Crippen LogP contribution >= 0.6 is 0 Å². The van der Waals surface area contributed by atoms with Gasteiger partial charge in [0.1, 0.15) is 12.6 Å². The van der Waals surface area contributed by atoms with E-state index in [9.17, 15) is 27.6 Å². The molecule has 4 amide bonds. The molecule has 4 aromatic rings. The number of aromatic nitrogens is 5. The molecule has 0 aliphatic carbocycles. The molecule has 3 N–H and O–H groups in total. The molecule has 15 heteroatoms. The van der Waals surface area contributed by atoms with Crippen molar-refractivity contribution in [3.63, 3.8) is 0 Å². The first-order chi connectivity index (χ1) is 20.1. The Morgan fingerprint density at radius 2 is 1.86 bits per heavy atom. The number of hydrogen-bond donors (Lipinski definition) is 3. The van der Waals surface area contributed by atoms with Crippen LogP contribution in [-0.4, -0.2) is 79.5 Å². The lowest BCUT2D eigenvalue weighted by atomic mass is 10.1. The molecule has 0 bridgehead atoms. The van der Waals surface area contributed by atoms with Gasteiger partial charge in [0.2, 0.25) is 11.8 Å². The predicted molar refractivity (Wildman–Crippen MR) is 146 cm³/mol. The number of likely N-dealkylation sites (tertiary alicyclic amines) is 1. The minimum Gasteiger partial charge on any atom is -0.352 e. The molecule has 12 nitrogen and oxygen atoms in total. The number of fused-ring (bicyclic) bond motifs is 1. The Morgan fingerprint density at radius 1 is 1.05 bits per heavy atom. The number of anilines is 1. The van der Waals surface area contributed by atoms with Gasteiger partial charge in [-0.2, -0.15) is 23.4 Å². The van der Waals surface area contributed by atoms with Crippen LogP contribution in [0.5, 0.6) is 0 Å². The molecule has 220 valence electrons. The number of carbonyl (C=O) groups excluding carboxylic acids is 3. The van der Waals surface area contributed by atoms with Gasteiger partial charge in [-0.25, -0.2) is 14.3 Å². The van der Waals surface area contributed by atoms with E-state index in [2.05, 4.69) is 25.8 Å². The third kappa shape index (κ3) is 6.67. The zero-order chi connectivity index (χ0) is 29.9. The Labute approximate surface area is 237 Å². The number of alkyl halides is 3. The SMILES string of the molecule is CC(C(=O)NCCN1CCCC1=O)n1cc(-c2cnn3c(-c4cccc(NC(=O)NCC(F)(F)F)c4)cnc3c2)cn1. The van der Waals surface area contributed by atoms with Crippen molar-refractivity contribution in [2.75, 3.05) is 31.5 Å². The van der Waals surface area contributed by atoms with Crippen LogP contribution < -0.4 is 16.0 Å². The zero-order valence-electron chi connectivity index (χ0n) is 22.6. The Morgan fingerprint density at radius 3 is 2.62 bits per heavy atom. The minimum atomic E-state index is -4.51. The lowest BCUT2D eigenvalue weighted by Gasteiger charge is -2.17. The van der Waals surface area contributed by atoms with Gasteiger partial charge in [0.15, 0.2) is 5.65 Å². The van der Waals surface area contributed by atoms with Gasteiger partial charge in [0, 0.05) is 54.6 Å². The van der Waals surface area contributed by atoms with Crippen LogP contribution in [0.3, 0.4) is 0 Å². The third-order valence-electron chi connectivity index (χ3n) is 6.79. The van der Waals surface area contributed by atoms with Gasteiger partial charge in [-0.05, 0) is 31.5 Å². The summed E-state index contributed by atoms with van der Waals surface area (Å²) in [6.07, 6.45) is 3.49.